The first-order chi connectivity index (χ1) is 12.4. The van der Waals surface area contributed by atoms with Crippen molar-refractivity contribution in [3.63, 3.8) is 0 Å². The Morgan fingerprint density at radius 3 is 2.62 bits per heavy atom. The van der Waals surface area contributed by atoms with Crippen LogP contribution in [0.4, 0.5) is 4.79 Å². The maximum absolute atomic E-state index is 12.7. The lowest BCUT2D eigenvalue weighted by Crippen LogP contribution is -2.62. The Morgan fingerprint density at radius 2 is 1.88 bits per heavy atom. The van der Waals surface area contributed by atoms with Gasteiger partial charge < -0.3 is 0 Å². The number of fused-ring (bicyclic) bond motifs is 2. The molecule has 0 N–H and O–H groups in total. The van der Waals surface area contributed by atoms with E-state index in [2.05, 4.69) is 29.2 Å². The molecule has 8 nitrogen and oxygen atoms in total. The molecule has 0 bridgehead atoms. The minimum atomic E-state index is -0.581. The summed E-state index contributed by atoms with van der Waals surface area (Å²) in [6, 6.07) is 7.17. The third kappa shape index (κ3) is 2.33. The highest BCUT2D eigenvalue weighted by Gasteiger charge is 2.53. The Balaban J connectivity index is 1.75. The smallest absolute Gasteiger partial charge is 0.270 e. The van der Waals surface area contributed by atoms with Crippen LogP contribution in [0.1, 0.15) is 18.1 Å². The second-order valence-electron chi connectivity index (χ2n) is 6.86. The molecule has 3 heterocycles. The normalized spacial score (nSPS) is 22.5. The number of aliphatic imine (C=N–C) groups is 1. The van der Waals surface area contributed by atoms with Crippen molar-refractivity contribution in [2.24, 2.45) is 10.1 Å². The van der Waals surface area contributed by atoms with Gasteiger partial charge in [-0.15, -0.1) is 10.1 Å². The van der Waals surface area contributed by atoms with E-state index in [1.165, 1.54) is 17.5 Å². The molecule has 0 radical (unpaired) electrons. The van der Waals surface area contributed by atoms with E-state index in [0.29, 0.717) is 24.9 Å². The molecule has 1 aromatic carbocycles. The summed E-state index contributed by atoms with van der Waals surface area (Å²) in [7, 11) is 3.15. The van der Waals surface area contributed by atoms with Gasteiger partial charge in [-0.25, -0.2) is 9.37 Å². The van der Waals surface area contributed by atoms with Gasteiger partial charge in [-0.3, -0.25) is 14.6 Å². The molecule has 3 aliphatic rings. The Morgan fingerprint density at radius 1 is 1.15 bits per heavy atom. The van der Waals surface area contributed by atoms with Gasteiger partial charge in [0.05, 0.1) is 5.71 Å². The van der Waals surface area contributed by atoms with Crippen molar-refractivity contribution in [2.45, 2.75) is 26.4 Å². The lowest BCUT2D eigenvalue weighted by molar-refractivity contribution is -0.528. The zero-order valence-electron chi connectivity index (χ0n) is 15.3. The van der Waals surface area contributed by atoms with Gasteiger partial charge in [0.15, 0.2) is 0 Å². The summed E-state index contributed by atoms with van der Waals surface area (Å²) >= 11 is 0. The summed E-state index contributed by atoms with van der Waals surface area (Å²) in [5, 5.41) is 6.46. The molecule has 0 aromatic heterocycles. The Bertz CT molecular complexity index is 916. The van der Waals surface area contributed by atoms with Crippen molar-refractivity contribution in [3.05, 3.63) is 35.4 Å². The predicted molar refractivity (Wildman–Crippen MR) is 97.1 cm³/mol. The molecular weight excluding hydrogens is 332 g/mol. The molecule has 0 spiro atoms. The summed E-state index contributed by atoms with van der Waals surface area (Å²) in [5.41, 5.74) is 3.21. The molecule has 1 fully saturated rings. The van der Waals surface area contributed by atoms with Crippen LogP contribution in [-0.4, -0.2) is 75.5 Å². The van der Waals surface area contributed by atoms with E-state index in [1.807, 2.05) is 28.6 Å². The number of hydrogen-bond donors (Lipinski definition) is 0. The molecule has 8 heteroatoms. The molecule has 3 amide bonds. The van der Waals surface area contributed by atoms with Crippen LogP contribution in [0.5, 0.6) is 0 Å². The van der Waals surface area contributed by atoms with Gasteiger partial charge in [0.2, 0.25) is 11.9 Å². The summed E-state index contributed by atoms with van der Waals surface area (Å²) in [5.74, 6) is 0.822. The third-order valence-electron chi connectivity index (χ3n) is 5.01. The molecule has 1 unspecified atom stereocenters. The second kappa shape index (κ2) is 5.76. The molecule has 134 valence electrons. The van der Waals surface area contributed by atoms with Crippen molar-refractivity contribution in [1.29, 1.82) is 0 Å². The number of carbonyl (C=O) groups excluding carboxylic acids is 2. The van der Waals surface area contributed by atoms with Crippen molar-refractivity contribution in [3.8, 4) is 0 Å². The van der Waals surface area contributed by atoms with E-state index in [1.54, 1.807) is 7.05 Å². The highest BCUT2D eigenvalue weighted by Crippen LogP contribution is 2.23. The van der Waals surface area contributed by atoms with E-state index in [-0.39, 0.29) is 11.9 Å². The Hall–Kier alpha value is -3.03. The number of aryl methyl sites for hydroxylation is 1. The summed E-state index contributed by atoms with van der Waals surface area (Å²) in [6.07, 6.45) is 0. The van der Waals surface area contributed by atoms with Crippen LogP contribution in [0.3, 0.4) is 0 Å². The van der Waals surface area contributed by atoms with Gasteiger partial charge in [0, 0.05) is 14.1 Å². The van der Waals surface area contributed by atoms with Gasteiger partial charge in [-0.05, 0) is 25.0 Å². The van der Waals surface area contributed by atoms with Crippen molar-refractivity contribution < 1.29 is 14.2 Å². The minimum Gasteiger partial charge on any atom is -0.270 e. The second-order valence-corrected chi connectivity index (χ2v) is 6.86. The number of carbonyl (C=O) groups is 2. The first-order valence-corrected chi connectivity index (χ1v) is 8.52. The van der Waals surface area contributed by atoms with E-state index < -0.39 is 6.04 Å². The summed E-state index contributed by atoms with van der Waals surface area (Å²) in [4.78, 5) is 32.2. The highest BCUT2D eigenvalue weighted by atomic mass is 16.2. The van der Waals surface area contributed by atoms with Crippen molar-refractivity contribution in [1.82, 2.24) is 14.8 Å². The number of imide groups is 1. The largest absolute Gasteiger partial charge is 0.417 e. The van der Waals surface area contributed by atoms with Crippen LogP contribution in [0.25, 0.3) is 0 Å². The lowest BCUT2D eigenvalue weighted by Gasteiger charge is -2.32. The zero-order chi connectivity index (χ0) is 18.6. The third-order valence-corrected chi connectivity index (χ3v) is 5.01. The highest BCUT2D eigenvalue weighted by molar-refractivity contribution is 6.23. The number of guanidine groups is 1. The van der Waals surface area contributed by atoms with Crippen LogP contribution in [0.2, 0.25) is 0 Å². The molecule has 26 heavy (non-hydrogen) atoms. The molecular formula is C18H21N6O2+. The van der Waals surface area contributed by atoms with Crippen LogP contribution in [0, 0.1) is 6.92 Å². The van der Waals surface area contributed by atoms with Crippen molar-refractivity contribution >= 4 is 29.4 Å². The first-order valence-electron chi connectivity index (χ1n) is 8.52. The molecule has 1 atom stereocenters. The number of hydrogen-bond acceptors (Lipinski definition) is 5. The average molecular weight is 353 g/mol. The fourth-order valence-corrected chi connectivity index (χ4v) is 3.54. The first kappa shape index (κ1) is 16.4. The molecule has 1 aromatic rings. The van der Waals surface area contributed by atoms with Gasteiger partial charge in [0.1, 0.15) is 13.1 Å². The fourth-order valence-electron chi connectivity index (χ4n) is 3.54. The molecule has 0 saturated carbocycles. The number of nitrogens with zero attached hydrogens (tertiary/aromatic N) is 6. The number of likely N-dealkylation sites (N-methyl/N-ethyl adjacent to an activating group) is 2. The standard InChI is InChI=1S/C18H21N6O2/c1-11-7-5-6-8-13(11)10-24-17-19-15-14(23(17)9-12(2)20-24)16(25)22(4)18(26)21(15)3/h5-8,14H,9-10H2,1-4H3/q+1. The number of benzene rings is 1. The zero-order valence-corrected chi connectivity index (χ0v) is 15.3. The van der Waals surface area contributed by atoms with Crippen LogP contribution in [-0.2, 0) is 11.3 Å². The van der Waals surface area contributed by atoms with E-state index in [9.17, 15) is 9.59 Å². The number of hydrazone groups is 1. The van der Waals surface area contributed by atoms with Gasteiger partial charge in [-0.2, -0.15) is 0 Å². The monoisotopic (exact) mass is 353 g/mol. The van der Waals surface area contributed by atoms with Crippen molar-refractivity contribution in [2.75, 3.05) is 20.6 Å². The van der Waals surface area contributed by atoms with Crippen LogP contribution >= 0.6 is 0 Å². The Labute approximate surface area is 151 Å². The van der Waals surface area contributed by atoms with E-state index in [4.69, 9.17) is 0 Å². The maximum atomic E-state index is 12.7. The lowest BCUT2D eigenvalue weighted by atomic mass is 10.1. The SMILES string of the molecule is CC1=NN(Cc2ccccc2C)C2=[N+](C1)C1C(=O)N(C)C(=O)N(C)C1=N2. The van der Waals surface area contributed by atoms with Gasteiger partial charge >= 0.3 is 12.0 Å². The maximum Gasteiger partial charge on any atom is 0.417 e. The quantitative estimate of drug-likeness (QED) is 0.741. The van der Waals surface area contributed by atoms with E-state index in [0.717, 1.165) is 16.2 Å². The number of amides is 3. The summed E-state index contributed by atoms with van der Waals surface area (Å²) in [6.45, 7) is 5.06. The van der Waals surface area contributed by atoms with Crippen LogP contribution < -0.4 is 0 Å². The van der Waals surface area contributed by atoms with Gasteiger partial charge in [0.25, 0.3) is 5.91 Å². The van der Waals surface area contributed by atoms with E-state index >= 15 is 0 Å². The molecule has 4 rings (SSSR count). The Kier molecular flexibility index (Phi) is 3.64. The summed E-state index contributed by atoms with van der Waals surface area (Å²) < 4.78 is 1.93. The average Bonchev–Trinajstić information content (AvgIpc) is 2.99. The molecule has 0 aliphatic carbocycles. The molecule has 1 saturated heterocycles. The topological polar surface area (TPSA) is 71.6 Å². The predicted octanol–water partition coefficient (Wildman–Crippen LogP) is 0.860. The number of amidine groups is 1. The number of urea groups is 1. The minimum absolute atomic E-state index is 0.257. The molecule has 3 aliphatic heterocycles. The number of rotatable bonds is 2. The van der Waals surface area contributed by atoms with Gasteiger partial charge in [-0.1, -0.05) is 29.3 Å². The fraction of sp³-hybridized carbons (Fsp3) is 0.389. The van der Waals surface area contributed by atoms with Crippen LogP contribution in [0.15, 0.2) is 34.4 Å².